The second-order valence-corrected chi connectivity index (χ2v) is 7.12. The van der Waals surface area contributed by atoms with E-state index in [9.17, 15) is 8.42 Å². The second-order valence-electron chi connectivity index (χ2n) is 5.20. The van der Waals surface area contributed by atoms with Crippen LogP contribution in [0.5, 0.6) is 5.75 Å². The quantitative estimate of drug-likeness (QED) is 0.860. The highest BCUT2D eigenvalue weighted by molar-refractivity contribution is 7.91. The Kier molecular flexibility index (Phi) is 4.54. The molecule has 0 saturated carbocycles. The van der Waals surface area contributed by atoms with Crippen LogP contribution in [0.1, 0.15) is 0 Å². The summed E-state index contributed by atoms with van der Waals surface area (Å²) < 4.78 is 35.7. The number of ether oxygens (including phenoxy) is 2. The summed E-state index contributed by atoms with van der Waals surface area (Å²) in [7, 11) is -2.28. The Morgan fingerprint density at radius 3 is 2.46 bits per heavy atom. The Morgan fingerprint density at radius 1 is 1.21 bits per heavy atom. The summed E-state index contributed by atoms with van der Waals surface area (Å²) in [6, 6.07) is 6.07. The van der Waals surface area contributed by atoms with Crippen LogP contribution in [-0.4, -0.2) is 51.8 Å². The lowest BCUT2D eigenvalue weighted by molar-refractivity contribution is 0.122. The molecule has 1 fully saturated rings. The molecule has 2 N–H and O–H groups in total. The third kappa shape index (κ3) is 3.13. The second kappa shape index (κ2) is 6.62. The van der Waals surface area contributed by atoms with E-state index in [0.717, 1.165) is 0 Å². The summed E-state index contributed by atoms with van der Waals surface area (Å²) in [6.45, 7) is 2.44. The predicted octanol–water partition coefficient (Wildman–Crippen LogP) is 0.737. The van der Waals surface area contributed by atoms with Crippen molar-refractivity contribution in [1.82, 2.24) is 9.97 Å². The minimum Gasteiger partial charge on any atom is -0.497 e. The van der Waals surface area contributed by atoms with Gasteiger partial charge in [-0.2, -0.15) is 4.98 Å². The molecule has 0 bridgehead atoms. The van der Waals surface area contributed by atoms with E-state index in [2.05, 4.69) is 9.97 Å². The number of benzene rings is 1. The van der Waals surface area contributed by atoms with Crippen LogP contribution < -0.4 is 15.4 Å². The van der Waals surface area contributed by atoms with Gasteiger partial charge in [-0.05, 0) is 24.3 Å². The van der Waals surface area contributed by atoms with E-state index in [4.69, 9.17) is 15.2 Å². The van der Waals surface area contributed by atoms with Crippen molar-refractivity contribution in [1.29, 1.82) is 0 Å². The van der Waals surface area contributed by atoms with Crippen LogP contribution in [0.3, 0.4) is 0 Å². The smallest absolute Gasteiger partial charge is 0.227 e. The number of sulfone groups is 1. The van der Waals surface area contributed by atoms with Crippen molar-refractivity contribution in [3.05, 3.63) is 30.5 Å². The summed E-state index contributed by atoms with van der Waals surface area (Å²) in [5.74, 6) is 0.910. The number of hydrogen-bond acceptors (Lipinski definition) is 8. The topological polar surface area (TPSA) is 108 Å². The van der Waals surface area contributed by atoms with E-state index in [-0.39, 0.29) is 15.6 Å². The zero-order chi connectivity index (χ0) is 17.2. The number of anilines is 2. The monoisotopic (exact) mass is 350 g/mol. The maximum Gasteiger partial charge on any atom is 0.227 e. The van der Waals surface area contributed by atoms with Gasteiger partial charge in [-0.15, -0.1) is 0 Å². The minimum absolute atomic E-state index is 0.0673. The number of hydrogen-bond donors (Lipinski definition) is 1. The molecule has 128 valence electrons. The van der Waals surface area contributed by atoms with Crippen molar-refractivity contribution in [3.8, 4) is 5.75 Å². The Morgan fingerprint density at radius 2 is 1.88 bits per heavy atom. The van der Waals surface area contributed by atoms with Crippen LogP contribution in [0.15, 0.2) is 40.3 Å². The molecule has 24 heavy (non-hydrogen) atoms. The summed E-state index contributed by atoms with van der Waals surface area (Å²) in [5.41, 5.74) is 5.89. The SMILES string of the molecule is COc1ccc(S(=O)(=O)c2cnc(N3CCOCC3)nc2N)cc1. The fourth-order valence-corrected chi connectivity index (χ4v) is 3.64. The number of rotatable bonds is 4. The average molecular weight is 350 g/mol. The molecule has 3 rings (SSSR count). The molecule has 2 aromatic rings. The highest BCUT2D eigenvalue weighted by Crippen LogP contribution is 2.27. The molecule has 0 spiro atoms. The van der Waals surface area contributed by atoms with Crippen LogP contribution in [0.2, 0.25) is 0 Å². The number of morpholine rings is 1. The van der Waals surface area contributed by atoms with E-state index in [1.165, 1.54) is 25.4 Å². The molecular formula is C15H18N4O4S. The molecule has 0 radical (unpaired) electrons. The number of nitrogens with zero attached hydrogens (tertiary/aromatic N) is 3. The summed E-state index contributed by atoms with van der Waals surface area (Å²) in [4.78, 5) is 10.2. The van der Waals surface area contributed by atoms with E-state index < -0.39 is 9.84 Å². The molecule has 1 aliphatic rings. The first-order valence-corrected chi connectivity index (χ1v) is 8.85. The van der Waals surface area contributed by atoms with Crippen LogP contribution >= 0.6 is 0 Å². The van der Waals surface area contributed by atoms with Crippen molar-refractivity contribution < 1.29 is 17.9 Å². The van der Waals surface area contributed by atoms with Gasteiger partial charge < -0.3 is 20.1 Å². The maximum absolute atomic E-state index is 12.7. The van der Waals surface area contributed by atoms with Crippen LogP contribution in [0, 0.1) is 0 Å². The summed E-state index contributed by atoms with van der Waals surface area (Å²) in [5, 5.41) is 0. The number of aromatic nitrogens is 2. The maximum atomic E-state index is 12.7. The first-order chi connectivity index (χ1) is 11.5. The minimum atomic E-state index is -3.79. The molecule has 1 saturated heterocycles. The van der Waals surface area contributed by atoms with Gasteiger partial charge in [0.15, 0.2) is 0 Å². The average Bonchev–Trinajstić information content (AvgIpc) is 2.62. The first-order valence-electron chi connectivity index (χ1n) is 7.37. The van der Waals surface area contributed by atoms with Crippen molar-refractivity contribution in [3.63, 3.8) is 0 Å². The number of methoxy groups -OCH3 is 1. The van der Waals surface area contributed by atoms with Gasteiger partial charge in [-0.25, -0.2) is 13.4 Å². The first kappa shape index (κ1) is 16.5. The third-order valence-corrected chi connectivity index (χ3v) is 5.51. The largest absolute Gasteiger partial charge is 0.497 e. The van der Waals surface area contributed by atoms with Crippen molar-refractivity contribution >= 4 is 21.6 Å². The fourth-order valence-electron chi connectivity index (χ4n) is 2.38. The van der Waals surface area contributed by atoms with Crippen LogP contribution in [0.4, 0.5) is 11.8 Å². The van der Waals surface area contributed by atoms with Crippen molar-refractivity contribution in [2.45, 2.75) is 9.79 Å². The highest BCUT2D eigenvalue weighted by Gasteiger charge is 2.24. The van der Waals surface area contributed by atoms with Crippen LogP contribution in [-0.2, 0) is 14.6 Å². The molecule has 0 unspecified atom stereocenters. The molecule has 0 aliphatic carbocycles. The van der Waals surface area contributed by atoms with E-state index in [1.807, 2.05) is 4.90 Å². The standard InChI is InChI=1S/C15H18N4O4S/c1-22-11-2-4-12(5-3-11)24(20,21)13-10-17-15(18-14(13)16)19-6-8-23-9-7-19/h2-5,10H,6-9H2,1H3,(H2,16,17,18). The lowest BCUT2D eigenvalue weighted by Crippen LogP contribution is -2.37. The lowest BCUT2D eigenvalue weighted by atomic mass is 10.3. The van der Waals surface area contributed by atoms with E-state index in [0.29, 0.717) is 38.0 Å². The molecular weight excluding hydrogens is 332 g/mol. The van der Waals surface area contributed by atoms with Gasteiger partial charge in [0.25, 0.3) is 0 Å². The summed E-state index contributed by atoms with van der Waals surface area (Å²) in [6.07, 6.45) is 1.26. The van der Waals surface area contributed by atoms with E-state index >= 15 is 0 Å². The number of nitrogens with two attached hydrogens (primary N) is 1. The van der Waals surface area contributed by atoms with Gasteiger partial charge in [0, 0.05) is 13.1 Å². The molecule has 0 amide bonds. The van der Waals surface area contributed by atoms with Gasteiger partial charge in [0.05, 0.1) is 31.4 Å². The lowest BCUT2D eigenvalue weighted by Gasteiger charge is -2.26. The molecule has 1 aliphatic heterocycles. The van der Waals surface area contributed by atoms with E-state index in [1.54, 1.807) is 12.1 Å². The van der Waals surface area contributed by atoms with Gasteiger partial charge in [0.2, 0.25) is 15.8 Å². The Labute approximate surface area is 140 Å². The number of nitrogen functional groups attached to an aromatic ring is 1. The predicted molar refractivity (Wildman–Crippen MR) is 87.9 cm³/mol. The van der Waals surface area contributed by atoms with Gasteiger partial charge in [-0.3, -0.25) is 0 Å². The Balaban J connectivity index is 1.92. The molecule has 9 heteroatoms. The van der Waals surface area contributed by atoms with Gasteiger partial charge in [0.1, 0.15) is 16.5 Å². The fraction of sp³-hybridized carbons (Fsp3) is 0.333. The zero-order valence-electron chi connectivity index (χ0n) is 13.2. The van der Waals surface area contributed by atoms with Crippen molar-refractivity contribution in [2.24, 2.45) is 0 Å². The van der Waals surface area contributed by atoms with Gasteiger partial charge >= 0.3 is 0 Å². The molecule has 0 atom stereocenters. The van der Waals surface area contributed by atoms with Crippen LogP contribution in [0.25, 0.3) is 0 Å². The Hall–Kier alpha value is -2.39. The molecule has 1 aromatic carbocycles. The molecule has 2 heterocycles. The molecule has 1 aromatic heterocycles. The summed E-state index contributed by atoms with van der Waals surface area (Å²) >= 11 is 0. The zero-order valence-corrected chi connectivity index (χ0v) is 14.0. The molecule has 8 nitrogen and oxygen atoms in total. The van der Waals surface area contributed by atoms with Crippen molar-refractivity contribution in [2.75, 3.05) is 44.0 Å². The third-order valence-electron chi connectivity index (χ3n) is 3.72. The Bertz CT molecular complexity index is 818. The highest BCUT2D eigenvalue weighted by atomic mass is 32.2. The van der Waals surface area contributed by atoms with Gasteiger partial charge in [-0.1, -0.05) is 0 Å². The normalized spacial score (nSPS) is 15.3.